The Morgan fingerprint density at radius 3 is 2.57 bits per heavy atom. The Balaban J connectivity index is 1.63. The summed E-state index contributed by atoms with van der Waals surface area (Å²) in [5.41, 5.74) is 4.19. The summed E-state index contributed by atoms with van der Waals surface area (Å²) < 4.78 is 12.9. The SMILES string of the molecule is COc1cc(OC)c(C=CC(=O)NCCn2c(C)cc3ccccc32)cc1C. The van der Waals surface area contributed by atoms with E-state index in [4.69, 9.17) is 9.47 Å². The van der Waals surface area contributed by atoms with E-state index in [-0.39, 0.29) is 5.91 Å². The summed E-state index contributed by atoms with van der Waals surface area (Å²) in [6.07, 6.45) is 3.29. The molecular formula is C23H26N2O3. The highest BCUT2D eigenvalue weighted by molar-refractivity contribution is 5.92. The molecule has 3 aromatic rings. The van der Waals surface area contributed by atoms with Gasteiger partial charge < -0.3 is 19.4 Å². The summed E-state index contributed by atoms with van der Waals surface area (Å²) >= 11 is 0. The minimum Gasteiger partial charge on any atom is -0.496 e. The van der Waals surface area contributed by atoms with Gasteiger partial charge in [0.05, 0.1) is 14.2 Å². The molecule has 1 amide bonds. The molecule has 28 heavy (non-hydrogen) atoms. The van der Waals surface area contributed by atoms with Gasteiger partial charge >= 0.3 is 0 Å². The number of aryl methyl sites for hydroxylation is 2. The van der Waals surface area contributed by atoms with Crippen LogP contribution in [0.3, 0.4) is 0 Å². The number of hydrogen-bond acceptors (Lipinski definition) is 3. The van der Waals surface area contributed by atoms with Crippen LogP contribution >= 0.6 is 0 Å². The van der Waals surface area contributed by atoms with Crippen molar-refractivity contribution in [2.24, 2.45) is 0 Å². The largest absolute Gasteiger partial charge is 0.496 e. The zero-order valence-corrected chi connectivity index (χ0v) is 16.8. The molecule has 1 aromatic heterocycles. The Morgan fingerprint density at radius 1 is 1.07 bits per heavy atom. The van der Waals surface area contributed by atoms with Crippen LogP contribution in [-0.4, -0.2) is 31.2 Å². The summed E-state index contributed by atoms with van der Waals surface area (Å²) in [5, 5.41) is 4.16. The number of carbonyl (C=O) groups is 1. The minimum atomic E-state index is -0.135. The maximum Gasteiger partial charge on any atom is 0.244 e. The second-order valence-electron chi connectivity index (χ2n) is 6.68. The lowest BCUT2D eigenvalue weighted by Crippen LogP contribution is -2.25. The molecule has 0 saturated carbocycles. The minimum absolute atomic E-state index is 0.135. The Bertz CT molecular complexity index is 1020. The molecule has 3 rings (SSSR count). The lowest BCUT2D eigenvalue weighted by molar-refractivity contribution is -0.116. The van der Waals surface area contributed by atoms with Gasteiger partial charge in [0.2, 0.25) is 5.91 Å². The van der Waals surface area contributed by atoms with Crippen LogP contribution in [0, 0.1) is 13.8 Å². The Kier molecular flexibility index (Phi) is 6.04. The number of carbonyl (C=O) groups excluding carboxylic acids is 1. The van der Waals surface area contributed by atoms with Crippen LogP contribution in [0.4, 0.5) is 0 Å². The Morgan fingerprint density at radius 2 is 1.82 bits per heavy atom. The van der Waals surface area contributed by atoms with Gasteiger partial charge in [-0.1, -0.05) is 18.2 Å². The van der Waals surface area contributed by atoms with Crippen molar-refractivity contribution in [3.8, 4) is 11.5 Å². The standard InChI is InChI=1S/C23H26N2O3/c1-16-13-19(22(28-4)15-21(16)27-3)9-10-23(26)24-11-12-25-17(2)14-18-7-5-6-8-20(18)25/h5-10,13-15H,11-12H2,1-4H3,(H,24,26). The van der Waals surface area contributed by atoms with Crippen molar-refractivity contribution in [2.75, 3.05) is 20.8 Å². The normalized spacial score (nSPS) is 11.1. The molecule has 0 atom stereocenters. The monoisotopic (exact) mass is 378 g/mol. The van der Waals surface area contributed by atoms with E-state index in [1.807, 2.05) is 31.2 Å². The second kappa shape index (κ2) is 8.65. The van der Waals surface area contributed by atoms with E-state index in [2.05, 4.69) is 35.0 Å². The second-order valence-corrected chi connectivity index (χ2v) is 6.68. The topological polar surface area (TPSA) is 52.5 Å². The van der Waals surface area contributed by atoms with Crippen LogP contribution in [0.25, 0.3) is 17.0 Å². The van der Waals surface area contributed by atoms with E-state index in [9.17, 15) is 4.79 Å². The summed E-state index contributed by atoms with van der Waals surface area (Å²) in [4.78, 5) is 12.2. The molecule has 0 fully saturated rings. The molecule has 0 bridgehead atoms. The van der Waals surface area contributed by atoms with Crippen molar-refractivity contribution < 1.29 is 14.3 Å². The number of benzene rings is 2. The van der Waals surface area contributed by atoms with Gasteiger partial charge in [-0.25, -0.2) is 0 Å². The van der Waals surface area contributed by atoms with E-state index in [0.29, 0.717) is 12.3 Å². The number of methoxy groups -OCH3 is 2. The van der Waals surface area contributed by atoms with Crippen molar-refractivity contribution in [1.82, 2.24) is 9.88 Å². The molecule has 0 aliphatic carbocycles. The molecule has 5 nitrogen and oxygen atoms in total. The predicted molar refractivity (Wildman–Crippen MR) is 113 cm³/mol. The van der Waals surface area contributed by atoms with E-state index < -0.39 is 0 Å². The fourth-order valence-corrected chi connectivity index (χ4v) is 3.38. The van der Waals surface area contributed by atoms with Crippen molar-refractivity contribution >= 4 is 22.9 Å². The molecule has 1 N–H and O–H groups in total. The number of hydrogen-bond donors (Lipinski definition) is 1. The van der Waals surface area contributed by atoms with Gasteiger partial charge in [-0.3, -0.25) is 4.79 Å². The lowest BCUT2D eigenvalue weighted by Gasteiger charge is -2.11. The van der Waals surface area contributed by atoms with Gasteiger partial charge in [-0.05, 0) is 49.1 Å². The number of nitrogens with one attached hydrogen (secondary N) is 1. The third-order valence-electron chi connectivity index (χ3n) is 4.81. The number of amides is 1. The van der Waals surface area contributed by atoms with Crippen LogP contribution in [0.5, 0.6) is 11.5 Å². The van der Waals surface area contributed by atoms with E-state index >= 15 is 0 Å². The maximum absolute atomic E-state index is 12.2. The first-order valence-corrected chi connectivity index (χ1v) is 9.27. The number of aromatic nitrogens is 1. The molecule has 0 aliphatic rings. The van der Waals surface area contributed by atoms with Crippen molar-refractivity contribution in [3.05, 3.63) is 65.4 Å². The van der Waals surface area contributed by atoms with Crippen LogP contribution in [0.1, 0.15) is 16.8 Å². The number of para-hydroxylation sites is 1. The van der Waals surface area contributed by atoms with Crippen molar-refractivity contribution in [3.63, 3.8) is 0 Å². The zero-order chi connectivity index (χ0) is 20.1. The highest BCUT2D eigenvalue weighted by atomic mass is 16.5. The van der Waals surface area contributed by atoms with Crippen LogP contribution < -0.4 is 14.8 Å². The molecule has 0 aliphatic heterocycles. The number of rotatable bonds is 7. The van der Waals surface area contributed by atoms with Gasteiger partial charge in [0, 0.05) is 42.0 Å². The number of nitrogens with zero attached hydrogens (tertiary/aromatic N) is 1. The highest BCUT2D eigenvalue weighted by Crippen LogP contribution is 2.29. The van der Waals surface area contributed by atoms with Gasteiger partial charge in [0.25, 0.3) is 0 Å². The molecule has 0 radical (unpaired) electrons. The molecule has 2 aromatic carbocycles. The molecule has 5 heteroatoms. The molecular weight excluding hydrogens is 352 g/mol. The zero-order valence-electron chi connectivity index (χ0n) is 16.8. The van der Waals surface area contributed by atoms with Crippen LogP contribution in [0.2, 0.25) is 0 Å². The van der Waals surface area contributed by atoms with Crippen LogP contribution in [-0.2, 0) is 11.3 Å². The summed E-state index contributed by atoms with van der Waals surface area (Å²) in [6.45, 7) is 5.32. The smallest absolute Gasteiger partial charge is 0.244 e. The first-order chi connectivity index (χ1) is 13.5. The highest BCUT2D eigenvalue weighted by Gasteiger charge is 2.08. The average Bonchev–Trinajstić information content (AvgIpc) is 3.01. The van der Waals surface area contributed by atoms with Gasteiger partial charge in [0.1, 0.15) is 11.5 Å². The number of fused-ring (bicyclic) bond motifs is 1. The van der Waals surface area contributed by atoms with E-state index in [1.54, 1.807) is 20.3 Å². The first kappa shape index (κ1) is 19.5. The van der Waals surface area contributed by atoms with E-state index in [1.165, 1.54) is 22.7 Å². The lowest BCUT2D eigenvalue weighted by atomic mass is 10.1. The van der Waals surface area contributed by atoms with Gasteiger partial charge in [0.15, 0.2) is 0 Å². The Hall–Kier alpha value is -3.21. The summed E-state index contributed by atoms with van der Waals surface area (Å²) in [5.74, 6) is 1.29. The maximum atomic E-state index is 12.2. The van der Waals surface area contributed by atoms with E-state index in [0.717, 1.165) is 23.4 Å². The fourth-order valence-electron chi connectivity index (χ4n) is 3.38. The van der Waals surface area contributed by atoms with Crippen molar-refractivity contribution in [1.29, 1.82) is 0 Å². The predicted octanol–water partition coefficient (Wildman–Crippen LogP) is 4.10. The first-order valence-electron chi connectivity index (χ1n) is 9.27. The average molecular weight is 378 g/mol. The fraction of sp³-hybridized carbons (Fsp3) is 0.261. The molecule has 1 heterocycles. The molecule has 0 unspecified atom stereocenters. The Labute approximate surface area is 165 Å². The third kappa shape index (κ3) is 4.19. The van der Waals surface area contributed by atoms with Crippen LogP contribution in [0.15, 0.2) is 48.5 Å². The number of ether oxygens (including phenoxy) is 2. The van der Waals surface area contributed by atoms with Crippen molar-refractivity contribution in [2.45, 2.75) is 20.4 Å². The third-order valence-corrected chi connectivity index (χ3v) is 4.81. The van der Waals surface area contributed by atoms with Gasteiger partial charge in [-0.2, -0.15) is 0 Å². The van der Waals surface area contributed by atoms with Gasteiger partial charge in [-0.15, -0.1) is 0 Å². The summed E-state index contributed by atoms with van der Waals surface area (Å²) in [6, 6.07) is 14.2. The molecule has 146 valence electrons. The quantitative estimate of drug-likeness (QED) is 0.630. The summed E-state index contributed by atoms with van der Waals surface area (Å²) in [7, 11) is 3.23. The molecule has 0 spiro atoms. The molecule has 0 saturated heterocycles.